The van der Waals surface area contributed by atoms with Gasteiger partial charge in [0, 0.05) is 23.8 Å². The highest BCUT2D eigenvalue weighted by atomic mass is 16.2. The molecule has 2 aliphatic heterocycles. The number of nitrogens with two attached hydrogens (primary N) is 2. The second kappa shape index (κ2) is 7.11. The van der Waals surface area contributed by atoms with Crippen LogP contribution >= 0.6 is 0 Å². The maximum absolute atomic E-state index is 12.8. The van der Waals surface area contributed by atoms with Crippen LogP contribution < -0.4 is 21.3 Å². The van der Waals surface area contributed by atoms with Gasteiger partial charge in [-0.15, -0.1) is 0 Å². The number of carbonyl (C=O) groups is 1. The molecule has 3 aliphatic rings. The Bertz CT molecular complexity index is 837. The molecule has 2 heterocycles. The number of anilines is 2. The second-order valence-electron chi connectivity index (χ2n) is 8.38. The molecule has 0 atom stereocenters. The zero-order valence-corrected chi connectivity index (χ0v) is 16.8. The molecule has 4 rings (SSSR count). The number of fused-ring (bicyclic) bond motifs is 1. The highest BCUT2D eigenvalue weighted by Crippen LogP contribution is 2.41. The van der Waals surface area contributed by atoms with Gasteiger partial charge in [0.25, 0.3) is 0 Å². The number of aliphatic imine (C=N–C) groups is 2. The standard InChI is InChI=1S/C21H30N6O/c1-14(2)18(28)26-12-6-7-15-8-9-16(13-17(15)26)27-20(23)24-19(22)25-21(27)10-4-3-5-11-21/h8-9,13-14H,3-7,10-12H2,1-2H3,(H4,22,23,24,25). The Kier molecular flexibility index (Phi) is 4.77. The van der Waals surface area contributed by atoms with E-state index in [2.05, 4.69) is 23.2 Å². The molecule has 1 aliphatic carbocycles. The number of hydrogen-bond acceptors (Lipinski definition) is 6. The molecule has 7 nitrogen and oxygen atoms in total. The third-order valence-electron chi connectivity index (χ3n) is 6.06. The first kappa shape index (κ1) is 18.8. The van der Waals surface area contributed by atoms with Gasteiger partial charge in [-0.2, -0.15) is 4.99 Å². The van der Waals surface area contributed by atoms with Gasteiger partial charge in [-0.1, -0.05) is 26.3 Å². The van der Waals surface area contributed by atoms with E-state index in [0.717, 1.165) is 56.4 Å². The highest BCUT2D eigenvalue weighted by molar-refractivity contribution is 6.06. The molecule has 0 saturated heterocycles. The Morgan fingerprint density at radius 1 is 1.14 bits per heavy atom. The summed E-state index contributed by atoms with van der Waals surface area (Å²) >= 11 is 0. The van der Waals surface area contributed by atoms with Crippen molar-refractivity contribution in [1.82, 2.24) is 0 Å². The fourth-order valence-corrected chi connectivity index (χ4v) is 4.74. The summed E-state index contributed by atoms with van der Waals surface area (Å²) in [5.74, 6) is 0.760. The minimum atomic E-state index is -0.468. The lowest BCUT2D eigenvalue weighted by Gasteiger charge is -2.46. The smallest absolute Gasteiger partial charge is 0.229 e. The van der Waals surface area contributed by atoms with Crippen LogP contribution in [-0.2, 0) is 11.2 Å². The lowest BCUT2D eigenvalue weighted by molar-refractivity contribution is -0.121. The van der Waals surface area contributed by atoms with Crippen LogP contribution in [0.2, 0.25) is 0 Å². The normalized spacial score (nSPS) is 21.4. The Labute approximate surface area is 166 Å². The third-order valence-corrected chi connectivity index (χ3v) is 6.06. The van der Waals surface area contributed by atoms with Gasteiger partial charge < -0.3 is 16.4 Å². The number of rotatable bonds is 2. The third kappa shape index (κ3) is 3.12. The number of carbonyl (C=O) groups excluding carboxylic acids is 1. The van der Waals surface area contributed by atoms with Crippen molar-refractivity contribution in [2.75, 3.05) is 16.3 Å². The van der Waals surface area contributed by atoms with Crippen molar-refractivity contribution in [2.24, 2.45) is 27.4 Å². The van der Waals surface area contributed by atoms with Gasteiger partial charge in [-0.05, 0) is 56.2 Å². The predicted octanol–water partition coefficient (Wildman–Crippen LogP) is 2.73. The Hall–Kier alpha value is -2.57. The van der Waals surface area contributed by atoms with Gasteiger partial charge >= 0.3 is 0 Å². The van der Waals surface area contributed by atoms with Crippen molar-refractivity contribution in [3.05, 3.63) is 23.8 Å². The van der Waals surface area contributed by atoms with Gasteiger partial charge in [-0.25, -0.2) is 4.99 Å². The summed E-state index contributed by atoms with van der Waals surface area (Å²) in [7, 11) is 0. The zero-order chi connectivity index (χ0) is 19.9. The maximum Gasteiger partial charge on any atom is 0.229 e. The SMILES string of the molecule is CC(C)C(=O)N1CCCc2ccc(N3C(N)=NC(N)=NC34CCCCC4)cc21. The summed E-state index contributed by atoms with van der Waals surface area (Å²) in [4.78, 5) is 25.7. The lowest BCUT2D eigenvalue weighted by Crippen LogP contribution is -2.58. The maximum atomic E-state index is 12.8. The van der Waals surface area contributed by atoms with Crippen molar-refractivity contribution in [3.63, 3.8) is 0 Å². The van der Waals surface area contributed by atoms with Crippen LogP contribution in [-0.4, -0.2) is 30.0 Å². The first-order chi connectivity index (χ1) is 13.4. The van der Waals surface area contributed by atoms with E-state index in [1.54, 1.807) is 0 Å². The van der Waals surface area contributed by atoms with Crippen LogP contribution in [0.15, 0.2) is 28.2 Å². The van der Waals surface area contributed by atoms with Crippen LogP contribution in [0.5, 0.6) is 0 Å². The topological polar surface area (TPSA) is 100 Å². The van der Waals surface area contributed by atoms with E-state index in [9.17, 15) is 4.79 Å². The van der Waals surface area contributed by atoms with E-state index in [4.69, 9.17) is 16.5 Å². The fourth-order valence-electron chi connectivity index (χ4n) is 4.74. The second-order valence-corrected chi connectivity index (χ2v) is 8.38. The number of nitrogens with zero attached hydrogens (tertiary/aromatic N) is 4. The van der Waals surface area contributed by atoms with Crippen molar-refractivity contribution in [1.29, 1.82) is 0 Å². The minimum Gasteiger partial charge on any atom is -0.369 e. The van der Waals surface area contributed by atoms with E-state index in [0.29, 0.717) is 5.96 Å². The van der Waals surface area contributed by atoms with E-state index in [1.165, 1.54) is 12.0 Å². The molecule has 4 N–H and O–H groups in total. The van der Waals surface area contributed by atoms with Gasteiger partial charge in [0.05, 0.1) is 0 Å². The van der Waals surface area contributed by atoms with Crippen LogP contribution in [0, 0.1) is 5.92 Å². The number of guanidine groups is 2. The number of amides is 1. The van der Waals surface area contributed by atoms with Crippen molar-refractivity contribution in [2.45, 2.75) is 64.5 Å². The van der Waals surface area contributed by atoms with Gasteiger partial charge in [0.1, 0.15) is 5.66 Å². The number of aryl methyl sites for hydroxylation is 1. The Morgan fingerprint density at radius 3 is 2.61 bits per heavy atom. The molecule has 0 unspecified atom stereocenters. The molecule has 28 heavy (non-hydrogen) atoms. The molecule has 0 radical (unpaired) electrons. The van der Waals surface area contributed by atoms with E-state index in [-0.39, 0.29) is 17.8 Å². The molecule has 150 valence electrons. The summed E-state index contributed by atoms with van der Waals surface area (Å²) < 4.78 is 0. The average molecular weight is 383 g/mol. The molecule has 1 aromatic carbocycles. The molecule has 0 bridgehead atoms. The van der Waals surface area contributed by atoms with Crippen LogP contribution in [0.25, 0.3) is 0 Å². The molecule has 7 heteroatoms. The Morgan fingerprint density at radius 2 is 1.89 bits per heavy atom. The highest BCUT2D eigenvalue weighted by Gasteiger charge is 2.43. The molecule has 1 saturated carbocycles. The first-order valence-corrected chi connectivity index (χ1v) is 10.4. The van der Waals surface area contributed by atoms with Crippen LogP contribution in [0.4, 0.5) is 11.4 Å². The van der Waals surface area contributed by atoms with E-state index < -0.39 is 5.66 Å². The van der Waals surface area contributed by atoms with Gasteiger partial charge in [-0.3, -0.25) is 9.69 Å². The molecular formula is C21H30N6O. The quantitative estimate of drug-likeness (QED) is 0.821. The summed E-state index contributed by atoms with van der Waals surface area (Å²) in [6.07, 6.45) is 7.14. The summed E-state index contributed by atoms with van der Waals surface area (Å²) in [6.45, 7) is 4.65. The average Bonchev–Trinajstić information content (AvgIpc) is 2.66. The minimum absolute atomic E-state index is 0.0368. The largest absolute Gasteiger partial charge is 0.369 e. The molecular weight excluding hydrogens is 352 g/mol. The fraction of sp³-hybridized carbons (Fsp3) is 0.571. The van der Waals surface area contributed by atoms with E-state index >= 15 is 0 Å². The lowest BCUT2D eigenvalue weighted by atomic mass is 9.87. The van der Waals surface area contributed by atoms with Crippen molar-refractivity contribution in [3.8, 4) is 0 Å². The monoisotopic (exact) mass is 382 g/mol. The number of hydrogen-bond donors (Lipinski definition) is 2. The zero-order valence-electron chi connectivity index (χ0n) is 16.8. The van der Waals surface area contributed by atoms with Crippen molar-refractivity contribution < 1.29 is 4.79 Å². The first-order valence-electron chi connectivity index (χ1n) is 10.4. The van der Waals surface area contributed by atoms with Crippen LogP contribution in [0.1, 0.15) is 57.9 Å². The molecule has 1 amide bonds. The summed E-state index contributed by atoms with van der Waals surface area (Å²) in [6, 6.07) is 6.29. The number of benzene rings is 1. The summed E-state index contributed by atoms with van der Waals surface area (Å²) in [5.41, 5.74) is 15.0. The van der Waals surface area contributed by atoms with Gasteiger partial charge in [0.2, 0.25) is 17.8 Å². The molecule has 0 aromatic heterocycles. The van der Waals surface area contributed by atoms with Crippen LogP contribution in [0.3, 0.4) is 0 Å². The van der Waals surface area contributed by atoms with Crippen molar-refractivity contribution >= 4 is 29.2 Å². The molecule has 1 fully saturated rings. The Balaban J connectivity index is 1.77. The predicted molar refractivity (Wildman–Crippen MR) is 113 cm³/mol. The molecule has 1 aromatic rings. The van der Waals surface area contributed by atoms with E-state index in [1.807, 2.05) is 23.6 Å². The summed E-state index contributed by atoms with van der Waals surface area (Å²) in [5, 5.41) is 0. The molecule has 1 spiro atoms. The van der Waals surface area contributed by atoms with Gasteiger partial charge in [0.15, 0.2) is 0 Å².